The number of hydrogen-bond donors (Lipinski definition) is 1. The standard InChI is InChI=1S/C12H17N3O2/c13-12(16)2-1-9-3-6-17-11(7-9)10-8-14-4-5-15-10/h4-5,8-9,11H,1-3,6-7H2,(H2,13,16). The molecule has 0 aliphatic carbocycles. The van der Waals surface area contributed by atoms with Crippen LogP contribution in [0.1, 0.15) is 37.5 Å². The number of primary amides is 1. The molecular weight excluding hydrogens is 218 g/mol. The summed E-state index contributed by atoms with van der Waals surface area (Å²) in [5, 5.41) is 0. The minimum Gasteiger partial charge on any atom is -0.372 e. The van der Waals surface area contributed by atoms with E-state index < -0.39 is 0 Å². The largest absolute Gasteiger partial charge is 0.372 e. The summed E-state index contributed by atoms with van der Waals surface area (Å²) in [4.78, 5) is 19.1. The summed E-state index contributed by atoms with van der Waals surface area (Å²) in [5.41, 5.74) is 6.03. The van der Waals surface area contributed by atoms with E-state index in [9.17, 15) is 4.79 Å². The van der Waals surface area contributed by atoms with E-state index in [1.165, 1.54) is 0 Å². The molecule has 2 rings (SSSR count). The second-order valence-electron chi connectivity index (χ2n) is 4.39. The third-order valence-electron chi connectivity index (χ3n) is 3.10. The van der Waals surface area contributed by atoms with Gasteiger partial charge in [0.2, 0.25) is 5.91 Å². The van der Waals surface area contributed by atoms with Crippen LogP contribution in [0.15, 0.2) is 18.6 Å². The summed E-state index contributed by atoms with van der Waals surface area (Å²) in [6.07, 6.45) is 8.25. The summed E-state index contributed by atoms with van der Waals surface area (Å²) in [5.74, 6) is 0.260. The zero-order valence-corrected chi connectivity index (χ0v) is 9.71. The number of hydrogen-bond acceptors (Lipinski definition) is 4. The highest BCUT2D eigenvalue weighted by Gasteiger charge is 2.24. The Kier molecular flexibility index (Phi) is 4.03. The molecule has 0 radical (unpaired) electrons. The Morgan fingerprint density at radius 2 is 2.41 bits per heavy atom. The van der Waals surface area contributed by atoms with E-state index in [1.807, 2.05) is 0 Å². The molecule has 2 heterocycles. The number of nitrogens with two attached hydrogens (primary N) is 1. The lowest BCUT2D eigenvalue weighted by atomic mass is 9.90. The fourth-order valence-corrected chi connectivity index (χ4v) is 2.16. The molecule has 2 unspecified atom stereocenters. The van der Waals surface area contributed by atoms with Crippen LogP contribution in [0.5, 0.6) is 0 Å². The molecule has 1 aromatic heterocycles. The third-order valence-corrected chi connectivity index (χ3v) is 3.10. The third kappa shape index (κ3) is 3.49. The van der Waals surface area contributed by atoms with Gasteiger partial charge in [0.15, 0.2) is 0 Å². The van der Waals surface area contributed by atoms with Crippen molar-refractivity contribution in [1.82, 2.24) is 9.97 Å². The quantitative estimate of drug-likeness (QED) is 0.850. The molecule has 5 nitrogen and oxygen atoms in total. The lowest BCUT2D eigenvalue weighted by molar-refractivity contribution is -0.118. The van der Waals surface area contributed by atoms with Gasteiger partial charge in [0.1, 0.15) is 6.10 Å². The maximum Gasteiger partial charge on any atom is 0.217 e. The van der Waals surface area contributed by atoms with E-state index in [2.05, 4.69) is 9.97 Å². The van der Waals surface area contributed by atoms with Gasteiger partial charge in [-0.2, -0.15) is 0 Å². The smallest absolute Gasteiger partial charge is 0.217 e. The summed E-state index contributed by atoms with van der Waals surface area (Å²) in [7, 11) is 0. The van der Waals surface area contributed by atoms with Crippen molar-refractivity contribution in [1.29, 1.82) is 0 Å². The average molecular weight is 235 g/mol. The Hall–Kier alpha value is -1.49. The SMILES string of the molecule is NC(=O)CCC1CCOC(c2cnccn2)C1. The van der Waals surface area contributed by atoms with Crippen molar-refractivity contribution in [2.24, 2.45) is 11.7 Å². The molecule has 1 fully saturated rings. The molecule has 1 aliphatic heterocycles. The summed E-state index contributed by atoms with van der Waals surface area (Å²) >= 11 is 0. The molecule has 1 amide bonds. The fraction of sp³-hybridized carbons (Fsp3) is 0.583. The van der Waals surface area contributed by atoms with Gasteiger partial charge < -0.3 is 10.5 Å². The van der Waals surface area contributed by atoms with E-state index in [0.717, 1.165) is 25.0 Å². The molecule has 92 valence electrons. The van der Waals surface area contributed by atoms with Crippen LogP contribution in [0.2, 0.25) is 0 Å². The van der Waals surface area contributed by atoms with Crippen LogP contribution in [0.25, 0.3) is 0 Å². The van der Waals surface area contributed by atoms with Gasteiger partial charge in [0, 0.05) is 25.4 Å². The van der Waals surface area contributed by atoms with Crippen LogP contribution in [0.4, 0.5) is 0 Å². The van der Waals surface area contributed by atoms with E-state index in [1.54, 1.807) is 18.6 Å². The minimum absolute atomic E-state index is 0.00956. The van der Waals surface area contributed by atoms with E-state index in [0.29, 0.717) is 18.9 Å². The first-order valence-corrected chi connectivity index (χ1v) is 5.91. The van der Waals surface area contributed by atoms with Crippen LogP contribution in [0.3, 0.4) is 0 Å². The number of carbonyl (C=O) groups excluding carboxylic acids is 1. The molecule has 1 aliphatic rings. The van der Waals surface area contributed by atoms with E-state index in [-0.39, 0.29) is 12.0 Å². The van der Waals surface area contributed by atoms with Crippen molar-refractivity contribution in [3.05, 3.63) is 24.3 Å². The van der Waals surface area contributed by atoms with Gasteiger partial charge in [-0.3, -0.25) is 14.8 Å². The summed E-state index contributed by atoms with van der Waals surface area (Å²) < 4.78 is 5.68. The molecule has 0 spiro atoms. The molecule has 5 heteroatoms. The van der Waals surface area contributed by atoms with Crippen molar-refractivity contribution in [2.45, 2.75) is 31.8 Å². The van der Waals surface area contributed by atoms with E-state index in [4.69, 9.17) is 10.5 Å². The predicted octanol–water partition coefficient (Wildman–Crippen LogP) is 1.21. The Morgan fingerprint density at radius 3 is 3.12 bits per heavy atom. The maximum atomic E-state index is 10.8. The maximum absolute atomic E-state index is 10.8. The van der Waals surface area contributed by atoms with Crippen LogP contribution >= 0.6 is 0 Å². The first-order chi connectivity index (χ1) is 8.25. The second kappa shape index (κ2) is 5.72. The Bertz CT molecular complexity index is 369. The highest BCUT2D eigenvalue weighted by atomic mass is 16.5. The van der Waals surface area contributed by atoms with Crippen molar-refractivity contribution in [2.75, 3.05) is 6.61 Å². The monoisotopic (exact) mass is 235 g/mol. The Labute approximate surface area is 100 Å². The number of aromatic nitrogens is 2. The average Bonchev–Trinajstić information content (AvgIpc) is 2.38. The van der Waals surface area contributed by atoms with Gasteiger partial charge >= 0.3 is 0 Å². The molecule has 0 saturated carbocycles. The number of nitrogens with zero attached hydrogens (tertiary/aromatic N) is 2. The summed E-state index contributed by atoms with van der Waals surface area (Å²) in [6.45, 7) is 0.713. The van der Waals surface area contributed by atoms with Crippen molar-refractivity contribution in [3.63, 3.8) is 0 Å². The molecular formula is C12H17N3O2. The highest BCUT2D eigenvalue weighted by Crippen LogP contribution is 2.32. The van der Waals surface area contributed by atoms with Gasteiger partial charge in [-0.15, -0.1) is 0 Å². The van der Waals surface area contributed by atoms with Crippen LogP contribution in [-0.2, 0) is 9.53 Å². The molecule has 1 saturated heterocycles. The van der Waals surface area contributed by atoms with Gasteiger partial charge in [-0.05, 0) is 25.2 Å². The number of amides is 1. The molecule has 0 bridgehead atoms. The topological polar surface area (TPSA) is 78.1 Å². The Morgan fingerprint density at radius 1 is 1.53 bits per heavy atom. The predicted molar refractivity (Wildman–Crippen MR) is 61.9 cm³/mol. The minimum atomic E-state index is -0.229. The van der Waals surface area contributed by atoms with Crippen LogP contribution < -0.4 is 5.73 Å². The van der Waals surface area contributed by atoms with Gasteiger partial charge in [0.05, 0.1) is 11.9 Å². The molecule has 2 N–H and O–H groups in total. The van der Waals surface area contributed by atoms with Crippen molar-refractivity contribution in [3.8, 4) is 0 Å². The normalized spacial score (nSPS) is 24.5. The van der Waals surface area contributed by atoms with Gasteiger partial charge in [0.25, 0.3) is 0 Å². The molecule has 0 aromatic carbocycles. The van der Waals surface area contributed by atoms with Gasteiger partial charge in [-0.1, -0.05) is 0 Å². The number of ether oxygens (including phenoxy) is 1. The van der Waals surface area contributed by atoms with Crippen molar-refractivity contribution < 1.29 is 9.53 Å². The summed E-state index contributed by atoms with van der Waals surface area (Å²) in [6, 6.07) is 0. The molecule has 17 heavy (non-hydrogen) atoms. The fourth-order valence-electron chi connectivity index (χ4n) is 2.16. The van der Waals surface area contributed by atoms with Gasteiger partial charge in [-0.25, -0.2) is 0 Å². The number of carbonyl (C=O) groups is 1. The highest BCUT2D eigenvalue weighted by molar-refractivity contribution is 5.73. The van der Waals surface area contributed by atoms with Crippen LogP contribution in [0, 0.1) is 5.92 Å². The van der Waals surface area contributed by atoms with Crippen LogP contribution in [-0.4, -0.2) is 22.5 Å². The first kappa shape index (κ1) is 12.0. The zero-order chi connectivity index (χ0) is 12.1. The molecule has 1 aromatic rings. The Balaban J connectivity index is 1.91. The lowest BCUT2D eigenvalue weighted by Crippen LogP contribution is -2.22. The number of rotatable bonds is 4. The second-order valence-corrected chi connectivity index (χ2v) is 4.39. The van der Waals surface area contributed by atoms with Crippen molar-refractivity contribution >= 4 is 5.91 Å². The zero-order valence-electron chi connectivity index (χ0n) is 9.71. The lowest BCUT2D eigenvalue weighted by Gasteiger charge is -2.28. The molecule has 2 atom stereocenters. The van der Waals surface area contributed by atoms with E-state index >= 15 is 0 Å². The first-order valence-electron chi connectivity index (χ1n) is 5.91.